The molecule has 15 heavy (non-hydrogen) atoms. The maximum absolute atomic E-state index is 11.0. The van der Waals surface area contributed by atoms with Gasteiger partial charge in [-0.3, -0.25) is 4.79 Å². The number of piperidine rings is 1. The fraction of sp³-hybridized carbons (Fsp3) is 0.600. The van der Waals surface area contributed by atoms with Crippen molar-refractivity contribution in [1.29, 1.82) is 0 Å². The van der Waals surface area contributed by atoms with E-state index < -0.39 is 0 Å². The first-order valence-corrected chi connectivity index (χ1v) is 5.24. The molecule has 0 unspecified atom stereocenters. The molecule has 1 aromatic heterocycles. The third-order valence-corrected chi connectivity index (χ3v) is 2.75. The Morgan fingerprint density at radius 3 is 2.93 bits per heavy atom. The van der Waals surface area contributed by atoms with Gasteiger partial charge in [0.2, 0.25) is 0 Å². The van der Waals surface area contributed by atoms with Gasteiger partial charge in [0.15, 0.2) is 0 Å². The number of nitrogens with zero attached hydrogens (tertiary/aromatic N) is 2. The summed E-state index contributed by atoms with van der Waals surface area (Å²) >= 11 is 0. The second kappa shape index (κ2) is 4.44. The molecule has 2 N–H and O–H groups in total. The number of H-pyrrole nitrogens is 1. The molecule has 2 rings (SSSR count). The van der Waals surface area contributed by atoms with E-state index in [1.165, 1.54) is 0 Å². The van der Waals surface area contributed by atoms with Gasteiger partial charge in [-0.15, -0.1) is 0 Å². The molecule has 2 heterocycles. The third kappa shape index (κ3) is 2.79. The Balaban J connectivity index is 1.94. The molecule has 5 nitrogen and oxygen atoms in total. The topological polar surface area (TPSA) is 61.0 Å². The highest BCUT2D eigenvalue weighted by atomic mass is 16.1. The molecule has 0 aromatic carbocycles. The summed E-state index contributed by atoms with van der Waals surface area (Å²) in [6, 6.07) is 2.01. The summed E-state index contributed by atoms with van der Waals surface area (Å²) in [7, 11) is 2.13. The summed E-state index contributed by atoms with van der Waals surface area (Å²) in [5.74, 6) is 0. The average Bonchev–Trinajstić information content (AvgIpc) is 2.22. The van der Waals surface area contributed by atoms with Crippen LogP contribution < -0.4 is 10.9 Å². The van der Waals surface area contributed by atoms with Crippen LogP contribution in [0.25, 0.3) is 0 Å². The minimum atomic E-state index is -0.159. The van der Waals surface area contributed by atoms with E-state index in [0.717, 1.165) is 31.6 Å². The molecule has 0 atom stereocenters. The van der Waals surface area contributed by atoms with E-state index >= 15 is 0 Å². The first kappa shape index (κ1) is 10.2. The van der Waals surface area contributed by atoms with Gasteiger partial charge in [-0.1, -0.05) is 0 Å². The van der Waals surface area contributed by atoms with Crippen LogP contribution in [-0.4, -0.2) is 41.3 Å². The van der Waals surface area contributed by atoms with E-state index in [-0.39, 0.29) is 5.56 Å². The second-order valence-corrected chi connectivity index (χ2v) is 4.06. The van der Waals surface area contributed by atoms with Crippen LogP contribution >= 0.6 is 0 Å². The third-order valence-electron chi connectivity index (χ3n) is 2.75. The fourth-order valence-corrected chi connectivity index (χ4v) is 1.84. The molecular weight excluding hydrogens is 192 g/mol. The van der Waals surface area contributed by atoms with E-state index in [2.05, 4.69) is 27.5 Å². The van der Waals surface area contributed by atoms with Crippen molar-refractivity contribution in [2.24, 2.45) is 0 Å². The molecule has 0 saturated carbocycles. The average molecular weight is 208 g/mol. The van der Waals surface area contributed by atoms with Crippen LogP contribution in [-0.2, 0) is 0 Å². The molecule has 0 bridgehead atoms. The highest BCUT2D eigenvalue weighted by molar-refractivity contribution is 5.39. The Morgan fingerprint density at radius 2 is 2.27 bits per heavy atom. The lowest BCUT2D eigenvalue weighted by Crippen LogP contribution is -2.36. The van der Waals surface area contributed by atoms with Crippen LogP contribution in [0.3, 0.4) is 0 Å². The minimum Gasteiger partial charge on any atom is -0.381 e. The van der Waals surface area contributed by atoms with E-state index in [0.29, 0.717) is 6.04 Å². The van der Waals surface area contributed by atoms with Gasteiger partial charge in [-0.2, -0.15) is 5.10 Å². The molecule has 5 heteroatoms. The number of nitrogens with one attached hydrogen (secondary N) is 2. The van der Waals surface area contributed by atoms with Crippen molar-refractivity contribution in [3.05, 3.63) is 22.6 Å². The van der Waals surface area contributed by atoms with Crippen LogP contribution in [0.5, 0.6) is 0 Å². The maximum atomic E-state index is 11.0. The van der Waals surface area contributed by atoms with Crippen LogP contribution in [0.2, 0.25) is 0 Å². The first-order chi connectivity index (χ1) is 7.24. The monoisotopic (exact) mass is 208 g/mol. The Bertz CT molecular complexity index is 368. The van der Waals surface area contributed by atoms with Gasteiger partial charge in [0, 0.05) is 12.1 Å². The van der Waals surface area contributed by atoms with Crippen molar-refractivity contribution in [3.63, 3.8) is 0 Å². The predicted molar refractivity (Wildman–Crippen MR) is 59.0 cm³/mol. The van der Waals surface area contributed by atoms with Crippen molar-refractivity contribution in [2.75, 3.05) is 25.5 Å². The van der Waals surface area contributed by atoms with E-state index in [4.69, 9.17) is 0 Å². The zero-order valence-electron chi connectivity index (χ0n) is 8.86. The number of likely N-dealkylation sites (tertiary alicyclic amines) is 1. The number of hydrogen-bond acceptors (Lipinski definition) is 4. The van der Waals surface area contributed by atoms with Crippen LogP contribution in [0.15, 0.2) is 17.1 Å². The highest BCUT2D eigenvalue weighted by Gasteiger charge is 2.16. The molecule has 1 aliphatic rings. The molecule has 1 aliphatic heterocycles. The normalized spacial score (nSPS) is 19.0. The van der Waals surface area contributed by atoms with Gasteiger partial charge in [-0.25, -0.2) is 5.10 Å². The lowest BCUT2D eigenvalue weighted by atomic mass is 10.1. The number of rotatable bonds is 2. The van der Waals surface area contributed by atoms with Crippen molar-refractivity contribution in [1.82, 2.24) is 15.1 Å². The molecule has 82 valence electrons. The second-order valence-electron chi connectivity index (χ2n) is 4.06. The quantitative estimate of drug-likeness (QED) is 0.732. The van der Waals surface area contributed by atoms with Crippen LogP contribution in [0.1, 0.15) is 12.8 Å². The molecular formula is C10H16N4O. The van der Waals surface area contributed by atoms with Crippen molar-refractivity contribution >= 4 is 5.69 Å². The van der Waals surface area contributed by atoms with Crippen LogP contribution in [0, 0.1) is 0 Å². The zero-order valence-corrected chi connectivity index (χ0v) is 8.86. The van der Waals surface area contributed by atoms with Crippen molar-refractivity contribution < 1.29 is 0 Å². The van der Waals surface area contributed by atoms with E-state index in [1.807, 2.05) is 0 Å². The molecule has 0 amide bonds. The summed E-state index contributed by atoms with van der Waals surface area (Å²) in [4.78, 5) is 13.3. The zero-order chi connectivity index (χ0) is 10.7. The molecule has 0 spiro atoms. The summed E-state index contributed by atoms with van der Waals surface area (Å²) < 4.78 is 0. The lowest BCUT2D eigenvalue weighted by Gasteiger charge is -2.29. The maximum Gasteiger partial charge on any atom is 0.266 e. The van der Waals surface area contributed by atoms with Crippen LogP contribution in [0.4, 0.5) is 5.69 Å². The number of aromatic amines is 1. The summed E-state index contributed by atoms with van der Waals surface area (Å²) in [5.41, 5.74) is 0.654. The SMILES string of the molecule is CN1CCC(Nc2cn[nH]c(=O)c2)CC1. The van der Waals surface area contributed by atoms with Crippen molar-refractivity contribution in [2.45, 2.75) is 18.9 Å². The van der Waals surface area contributed by atoms with Gasteiger partial charge in [0.25, 0.3) is 5.56 Å². The highest BCUT2D eigenvalue weighted by Crippen LogP contribution is 2.13. The number of hydrogen-bond donors (Lipinski definition) is 2. The van der Waals surface area contributed by atoms with Gasteiger partial charge in [0.05, 0.1) is 11.9 Å². The molecule has 1 aromatic rings. The molecule has 1 fully saturated rings. The number of aromatic nitrogens is 2. The summed E-state index contributed by atoms with van der Waals surface area (Å²) in [5, 5.41) is 9.45. The number of anilines is 1. The van der Waals surface area contributed by atoms with Gasteiger partial charge in [-0.05, 0) is 33.0 Å². The van der Waals surface area contributed by atoms with Gasteiger partial charge < -0.3 is 10.2 Å². The molecule has 0 radical (unpaired) electrons. The fourth-order valence-electron chi connectivity index (χ4n) is 1.84. The Kier molecular flexibility index (Phi) is 3.01. The molecule has 0 aliphatic carbocycles. The minimum absolute atomic E-state index is 0.159. The first-order valence-electron chi connectivity index (χ1n) is 5.24. The largest absolute Gasteiger partial charge is 0.381 e. The Labute approximate surface area is 88.5 Å². The lowest BCUT2D eigenvalue weighted by molar-refractivity contribution is 0.264. The summed E-state index contributed by atoms with van der Waals surface area (Å²) in [6.45, 7) is 2.21. The smallest absolute Gasteiger partial charge is 0.266 e. The summed E-state index contributed by atoms with van der Waals surface area (Å²) in [6.07, 6.45) is 3.88. The predicted octanol–water partition coefficient (Wildman–Crippen LogP) is 0.276. The Hall–Kier alpha value is -1.36. The van der Waals surface area contributed by atoms with Gasteiger partial charge >= 0.3 is 0 Å². The van der Waals surface area contributed by atoms with Gasteiger partial charge in [0.1, 0.15) is 0 Å². The molecule has 1 saturated heterocycles. The Morgan fingerprint density at radius 1 is 1.53 bits per heavy atom. The standard InChI is InChI=1S/C10H16N4O/c1-14-4-2-8(3-5-14)12-9-6-10(15)13-11-7-9/h6-8H,2-5H2,1H3,(H2,12,13,15). The van der Waals surface area contributed by atoms with E-state index in [9.17, 15) is 4.79 Å². The van der Waals surface area contributed by atoms with Crippen molar-refractivity contribution in [3.8, 4) is 0 Å². The van der Waals surface area contributed by atoms with E-state index in [1.54, 1.807) is 12.3 Å².